The Labute approximate surface area is 185 Å². The number of halogens is 1. The molecule has 158 valence electrons. The number of nitrogens with zero attached hydrogens (tertiary/aromatic N) is 1. The molecule has 0 unspecified atom stereocenters. The minimum absolute atomic E-state index is 0.133. The van der Waals surface area contributed by atoms with Crippen molar-refractivity contribution in [1.82, 2.24) is 5.43 Å². The van der Waals surface area contributed by atoms with Gasteiger partial charge in [-0.1, -0.05) is 41.9 Å². The molecule has 0 saturated heterocycles. The predicted molar refractivity (Wildman–Crippen MR) is 123 cm³/mol. The first-order valence-corrected chi connectivity index (χ1v) is 9.96. The Morgan fingerprint density at radius 1 is 0.968 bits per heavy atom. The molecule has 0 heterocycles. The van der Waals surface area contributed by atoms with Crippen molar-refractivity contribution < 1.29 is 14.3 Å². The zero-order chi connectivity index (χ0) is 22.2. The molecule has 3 rings (SSSR count). The van der Waals surface area contributed by atoms with Crippen molar-refractivity contribution in [2.75, 3.05) is 12.4 Å². The Balaban J connectivity index is 1.62. The van der Waals surface area contributed by atoms with Gasteiger partial charge in [-0.05, 0) is 60.5 Å². The van der Waals surface area contributed by atoms with Crippen LogP contribution < -0.4 is 15.5 Å². The van der Waals surface area contributed by atoms with E-state index in [1.165, 1.54) is 0 Å². The third kappa shape index (κ3) is 6.42. The van der Waals surface area contributed by atoms with Crippen LogP contribution in [0, 0.1) is 0 Å². The summed E-state index contributed by atoms with van der Waals surface area (Å²) in [7, 11) is 1.60. The average Bonchev–Trinajstić information content (AvgIpc) is 2.77. The second-order valence-electron chi connectivity index (χ2n) is 6.80. The van der Waals surface area contributed by atoms with E-state index in [2.05, 4.69) is 15.8 Å². The van der Waals surface area contributed by atoms with Crippen LogP contribution in [-0.4, -0.2) is 24.6 Å². The SMILES string of the molecule is COc1ccc(CC(=O)Nc2cccc(C(C)=NNC(=O)c3cccc(Cl)c3)c2)cc1. The molecule has 0 atom stereocenters. The van der Waals surface area contributed by atoms with Crippen LogP contribution in [0.15, 0.2) is 77.9 Å². The van der Waals surface area contributed by atoms with Gasteiger partial charge in [0.25, 0.3) is 5.91 Å². The third-order valence-corrected chi connectivity index (χ3v) is 4.73. The van der Waals surface area contributed by atoms with E-state index in [9.17, 15) is 9.59 Å². The molecule has 3 aromatic carbocycles. The summed E-state index contributed by atoms with van der Waals surface area (Å²) in [5.74, 6) is 0.256. The summed E-state index contributed by atoms with van der Waals surface area (Å²) in [6.45, 7) is 1.77. The first kappa shape index (κ1) is 22.1. The summed E-state index contributed by atoms with van der Waals surface area (Å²) in [5, 5.41) is 7.52. The van der Waals surface area contributed by atoms with Crippen LogP contribution in [0.4, 0.5) is 5.69 Å². The highest BCUT2D eigenvalue weighted by atomic mass is 35.5. The normalized spacial score (nSPS) is 11.0. The van der Waals surface area contributed by atoms with E-state index in [4.69, 9.17) is 16.3 Å². The zero-order valence-electron chi connectivity index (χ0n) is 17.2. The molecule has 0 aliphatic carbocycles. The third-order valence-electron chi connectivity index (χ3n) is 4.50. The van der Waals surface area contributed by atoms with Gasteiger partial charge in [0.2, 0.25) is 5.91 Å². The smallest absolute Gasteiger partial charge is 0.271 e. The molecule has 0 saturated carbocycles. The van der Waals surface area contributed by atoms with Crippen molar-refractivity contribution >= 4 is 34.8 Å². The Morgan fingerprint density at radius 2 is 1.68 bits per heavy atom. The van der Waals surface area contributed by atoms with Crippen LogP contribution in [0.1, 0.15) is 28.4 Å². The lowest BCUT2D eigenvalue weighted by atomic mass is 10.1. The molecule has 0 bridgehead atoms. The lowest BCUT2D eigenvalue weighted by Crippen LogP contribution is -2.19. The van der Waals surface area contributed by atoms with Gasteiger partial charge < -0.3 is 10.1 Å². The average molecular weight is 436 g/mol. The van der Waals surface area contributed by atoms with Gasteiger partial charge in [0.1, 0.15) is 5.75 Å². The van der Waals surface area contributed by atoms with E-state index in [1.807, 2.05) is 36.4 Å². The number of methoxy groups -OCH3 is 1. The van der Waals surface area contributed by atoms with Gasteiger partial charge >= 0.3 is 0 Å². The van der Waals surface area contributed by atoms with Crippen LogP contribution in [-0.2, 0) is 11.2 Å². The van der Waals surface area contributed by atoms with E-state index in [-0.39, 0.29) is 18.2 Å². The number of carbonyl (C=O) groups is 2. The molecule has 2 amide bonds. The van der Waals surface area contributed by atoms with Crippen LogP contribution in [0.3, 0.4) is 0 Å². The number of amides is 2. The molecule has 0 aromatic heterocycles. The summed E-state index contributed by atoms with van der Waals surface area (Å²) in [5.41, 5.74) is 5.84. The summed E-state index contributed by atoms with van der Waals surface area (Å²) >= 11 is 5.92. The molecule has 3 aromatic rings. The Bertz CT molecular complexity index is 1110. The second kappa shape index (κ2) is 10.4. The number of benzene rings is 3. The lowest BCUT2D eigenvalue weighted by Gasteiger charge is -2.08. The molecule has 0 aliphatic heterocycles. The van der Waals surface area contributed by atoms with Crippen molar-refractivity contribution in [1.29, 1.82) is 0 Å². The van der Waals surface area contributed by atoms with Crippen molar-refractivity contribution in [2.45, 2.75) is 13.3 Å². The summed E-state index contributed by atoms with van der Waals surface area (Å²) < 4.78 is 5.13. The summed E-state index contributed by atoms with van der Waals surface area (Å²) in [6.07, 6.45) is 0.247. The van der Waals surface area contributed by atoms with Gasteiger partial charge in [0.05, 0.1) is 19.2 Å². The van der Waals surface area contributed by atoms with Crippen LogP contribution >= 0.6 is 11.6 Å². The number of hydrogen-bond acceptors (Lipinski definition) is 4. The van der Waals surface area contributed by atoms with Gasteiger partial charge in [-0.2, -0.15) is 5.10 Å². The standard InChI is InChI=1S/C24H22ClN3O3/c1-16(27-28-24(30)19-6-3-7-20(25)14-19)18-5-4-8-21(15-18)26-23(29)13-17-9-11-22(31-2)12-10-17/h3-12,14-15H,13H2,1-2H3,(H,26,29)(H,28,30). The quantitative estimate of drug-likeness (QED) is 0.417. The van der Waals surface area contributed by atoms with Crippen molar-refractivity contribution in [3.63, 3.8) is 0 Å². The zero-order valence-corrected chi connectivity index (χ0v) is 17.9. The molecule has 0 radical (unpaired) electrons. The molecular formula is C24H22ClN3O3. The highest BCUT2D eigenvalue weighted by molar-refractivity contribution is 6.31. The fourth-order valence-electron chi connectivity index (χ4n) is 2.85. The first-order valence-electron chi connectivity index (χ1n) is 9.58. The molecule has 0 fully saturated rings. The minimum atomic E-state index is -0.356. The number of nitrogens with one attached hydrogen (secondary N) is 2. The monoisotopic (exact) mass is 435 g/mol. The second-order valence-corrected chi connectivity index (χ2v) is 7.24. The lowest BCUT2D eigenvalue weighted by molar-refractivity contribution is -0.115. The largest absolute Gasteiger partial charge is 0.497 e. The van der Waals surface area contributed by atoms with E-state index in [0.717, 1.165) is 16.9 Å². The van der Waals surface area contributed by atoms with Crippen molar-refractivity contribution in [3.8, 4) is 5.75 Å². The van der Waals surface area contributed by atoms with Gasteiger partial charge in [0.15, 0.2) is 0 Å². The fourth-order valence-corrected chi connectivity index (χ4v) is 3.04. The maximum atomic E-state index is 12.4. The number of anilines is 1. The molecule has 0 aliphatic rings. The topological polar surface area (TPSA) is 79.8 Å². The molecular weight excluding hydrogens is 414 g/mol. The number of ether oxygens (including phenoxy) is 1. The summed E-state index contributed by atoms with van der Waals surface area (Å²) in [6, 6.07) is 21.2. The molecule has 6 nitrogen and oxygen atoms in total. The maximum Gasteiger partial charge on any atom is 0.271 e. The number of rotatable bonds is 7. The van der Waals surface area contributed by atoms with Crippen molar-refractivity contribution in [3.05, 3.63) is 94.5 Å². The fraction of sp³-hybridized carbons (Fsp3) is 0.125. The van der Waals surface area contributed by atoms with Gasteiger partial charge in [0, 0.05) is 16.3 Å². The highest BCUT2D eigenvalue weighted by Crippen LogP contribution is 2.15. The van der Waals surface area contributed by atoms with Crippen LogP contribution in [0.25, 0.3) is 0 Å². The van der Waals surface area contributed by atoms with E-state index in [0.29, 0.717) is 22.0 Å². The molecule has 0 spiro atoms. The number of carbonyl (C=O) groups excluding carboxylic acids is 2. The Morgan fingerprint density at radius 3 is 2.39 bits per heavy atom. The summed E-state index contributed by atoms with van der Waals surface area (Å²) in [4.78, 5) is 24.6. The van der Waals surface area contributed by atoms with Crippen LogP contribution in [0.5, 0.6) is 5.75 Å². The Kier molecular flexibility index (Phi) is 7.40. The molecule has 31 heavy (non-hydrogen) atoms. The van der Waals surface area contributed by atoms with E-state index in [1.54, 1.807) is 50.4 Å². The van der Waals surface area contributed by atoms with Gasteiger partial charge in [-0.3, -0.25) is 9.59 Å². The Hall–Kier alpha value is -3.64. The van der Waals surface area contributed by atoms with Gasteiger partial charge in [-0.15, -0.1) is 0 Å². The highest BCUT2D eigenvalue weighted by Gasteiger charge is 2.08. The van der Waals surface area contributed by atoms with Crippen LogP contribution in [0.2, 0.25) is 5.02 Å². The van der Waals surface area contributed by atoms with Crippen molar-refractivity contribution in [2.24, 2.45) is 5.10 Å². The minimum Gasteiger partial charge on any atom is -0.497 e. The van der Waals surface area contributed by atoms with E-state index < -0.39 is 0 Å². The first-order chi connectivity index (χ1) is 14.9. The predicted octanol–water partition coefficient (Wildman–Crippen LogP) is 4.68. The van der Waals surface area contributed by atoms with Gasteiger partial charge in [-0.25, -0.2) is 5.43 Å². The molecule has 2 N–H and O–H groups in total. The number of hydrogen-bond donors (Lipinski definition) is 2. The molecule has 7 heteroatoms. The van der Waals surface area contributed by atoms with E-state index >= 15 is 0 Å². The maximum absolute atomic E-state index is 12.4. The number of hydrazone groups is 1.